The van der Waals surface area contributed by atoms with Crippen LogP contribution in [0, 0.1) is 0 Å². The minimum Gasteiger partial charge on any atom is -0.0877 e. The summed E-state index contributed by atoms with van der Waals surface area (Å²) in [7, 11) is 0. The number of hydrogen-bond acceptors (Lipinski definition) is 0. The Balaban J connectivity index is 3.53. The van der Waals surface area contributed by atoms with E-state index in [1.165, 1.54) is 25.7 Å². The van der Waals surface area contributed by atoms with Crippen molar-refractivity contribution in [3.63, 3.8) is 0 Å². The van der Waals surface area contributed by atoms with Gasteiger partial charge in [-0.1, -0.05) is 80.5 Å². The van der Waals surface area contributed by atoms with Gasteiger partial charge in [0, 0.05) is 0 Å². The van der Waals surface area contributed by atoms with Gasteiger partial charge in [-0.05, 0) is 19.8 Å². The Labute approximate surface area is 101 Å². The van der Waals surface area contributed by atoms with Crippen molar-refractivity contribution in [1.29, 1.82) is 0 Å². The molecule has 0 nitrogen and oxygen atoms in total. The number of unbranched alkanes of at least 4 members (excludes halogenated alkanes) is 3. The number of allylic oxidation sites excluding steroid dienone is 10. The largest absolute Gasteiger partial charge is 0.0877 e. The Hall–Kier alpha value is -1.30. The minimum atomic E-state index is 1.20. The molecule has 0 atom stereocenters. The quantitative estimate of drug-likeness (QED) is 0.378. The zero-order chi connectivity index (χ0) is 11.9. The molecule has 0 aliphatic carbocycles. The van der Waals surface area contributed by atoms with Crippen LogP contribution in [0.1, 0.15) is 39.5 Å². The molecule has 0 N–H and O–H groups in total. The van der Waals surface area contributed by atoms with Crippen molar-refractivity contribution in [3.8, 4) is 0 Å². The zero-order valence-corrected chi connectivity index (χ0v) is 10.6. The predicted molar refractivity (Wildman–Crippen MR) is 75.5 cm³/mol. The fourth-order valence-electron chi connectivity index (χ4n) is 1.18. The molecule has 0 aromatic rings. The Bertz CT molecular complexity index is 262. The smallest absolute Gasteiger partial charge is 0.0348 e. The summed E-state index contributed by atoms with van der Waals surface area (Å²) in [5.41, 5.74) is 0. The normalized spacial score (nSPS) is 13.4. The number of rotatable bonds is 8. The van der Waals surface area contributed by atoms with Crippen LogP contribution in [0.3, 0.4) is 0 Å². The van der Waals surface area contributed by atoms with E-state index in [4.69, 9.17) is 0 Å². The molecule has 0 unspecified atom stereocenters. The van der Waals surface area contributed by atoms with Crippen molar-refractivity contribution in [1.82, 2.24) is 0 Å². The van der Waals surface area contributed by atoms with Crippen molar-refractivity contribution < 1.29 is 0 Å². The second-order valence-corrected chi connectivity index (χ2v) is 3.60. The van der Waals surface area contributed by atoms with E-state index in [0.717, 1.165) is 0 Å². The molecule has 0 rings (SSSR count). The monoisotopic (exact) mass is 216 g/mol. The Morgan fingerprint density at radius 3 is 1.81 bits per heavy atom. The van der Waals surface area contributed by atoms with Gasteiger partial charge in [-0.15, -0.1) is 0 Å². The molecule has 0 spiro atoms. The Morgan fingerprint density at radius 1 is 0.688 bits per heavy atom. The van der Waals surface area contributed by atoms with Gasteiger partial charge in [0.05, 0.1) is 0 Å². The van der Waals surface area contributed by atoms with E-state index in [1.807, 2.05) is 43.4 Å². The van der Waals surface area contributed by atoms with Gasteiger partial charge in [-0.2, -0.15) is 0 Å². The van der Waals surface area contributed by atoms with Gasteiger partial charge in [0.25, 0.3) is 0 Å². The molecule has 16 heavy (non-hydrogen) atoms. The molecule has 0 amide bonds. The van der Waals surface area contributed by atoms with Crippen LogP contribution in [0.25, 0.3) is 0 Å². The highest BCUT2D eigenvalue weighted by molar-refractivity contribution is 5.17. The maximum Gasteiger partial charge on any atom is -0.0348 e. The highest BCUT2D eigenvalue weighted by atomic mass is 13.9. The molecule has 0 aliphatic heterocycles. The molecule has 0 saturated carbocycles. The fourth-order valence-corrected chi connectivity index (χ4v) is 1.18. The summed E-state index contributed by atoms with van der Waals surface area (Å²) in [4.78, 5) is 0. The van der Waals surface area contributed by atoms with Crippen LogP contribution in [0.4, 0.5) is 0 Å². The maximum absolute atomic E-state index is 2.23. The van der Waals surface area contributed by atoms with Gasteiger partial charge in [0.2, 0.25) is 0 Å². The second-order valence-electron chi connectivity index (χ2n) is 3.60. The number of hydrogen-bond donors (Lipinski definition) is 0. The van der Waals surface area contributed by atoms with Crippen LogP contribution < -0.4 is 0 Å². The van der Waals surface area contributed by atoms with Crippen LogP contribution in [-0.4, -0.2) is 0 Å². The summed E-state index contributed by atoms with van der Waals surface area (Å²) in [6, 6.07) is 0. The third-order valence-corrected chi connectivity index (χ3v) is 2.08. The highest BCUT2D eigenvalue weighted by Crippen LogP contribution is 1.99. The molecule has 0 radical (unpaired) electrons. The Morgan fingerprint density at radius 2 is 1.25 bits per heavy atom. The summed E-state index contributed by atoms with van der Waals surface area (Å²) in [5, 5.41) is 0. The SMILES string of the molecule is CC=CC=CC=CC=CC=CCCCCC. The second kappa shape index (κ2) is 13.7. The lowest BCUT2D eigenvalue weighted by Gasteiger charge is -1.89. The van der Waals surface area contributed by atoms with Gasteiger partial charge in [0.15, 0.2) is 0 Å². The predicted octanol–water partition coefficient (Wildman–Crippen LogP) is 5.37. The molecule has 0 fully saturated rings. The summed E-state index contributed by atoms with van der Waals surface area (Å²) in [6.07, 6.45) is 25.8. The first-order valence-corrected chi connectivity index (χ1v) is 6.19. The molecule has 88 valence electrons. The van der Waals surface area contributed by atoms with E-state index in [9.17, 15) is 0 Å². The van der Waals surface area contributed by atoms with Crippen LogP contribution in [0.2, 0.25) is 0 Å². The topological polar surface area (TPSA) is 0 Å². The molecule has 0 saturated heterocycles. The van der Waals surface area contributed by atoms with Crippen LogP contribution in [0.5, 0.6) is 0 Å². The van der Waals surface area contributed by atoms with E-state index >= 15 is 0 Å². The lowest BCUT2D eigenvalue weighted by molar-refractivity contribution is 0.729. The van der Waals surface area contributed by atoms with E-state index in [2.05, 4.69) is 31.2 Å². The van der Waals surface area contributed by atoms with E-state index in [1.54, 1.807) is 0 Å². The van der Waals surface area contributed by atoms with Crippen molar-refractivity contribution in [2.45, 2.75) is 39.5 Å². The molecular formula is C16H24. The van der Waals surface area contributed by atoms with Gasteiger partial charge in [-0.3, -0.25) is 0 Å². The molecule has 0 aromatic carbocycles. The molecule has 0 bridgehead atoms. The summed E-state index contributed by atoms with van der Waals surface area (Å²) in [5.74, 6) is 0. The third kappa shape index (κ3) is 12.7. The standard InChI is InChI=1S/C16H24/c1-3-5-7-9-11-13-15-16-14-12-10-8-6-4-2/h3,5,7,9,11-16H,4,6,8,10H2,1-2H3. The van der Waals surface area contributed by atoms with E-state index < -0.39 is 0 Å². The molecule has 0 heterocycles. The van der Waals surface area contributed by atoms with Crippen LogP contribution in [-0.2, 0) is 0 Å². The molecule has 0 heteroatoms. The van der Waals surface area contributed by atoms with Crippen molar-refractivity contribution >= 4 is 0 Å². The van der Waals surface area contributed by atoms with Gasteiger partial charge >= 0.3 is 0 Å². The van der Waals surface area contributed by atoms with E-state index in [0.29, 0.717) is 0 Å². The first kappa shape index (κ1) is 14.7. The van der Waals surface area contributed by atoms with Crippen molar-refractivity contribution in [2.75, 3.05) is 0 Å². The lowest BCUT2D eigenvalue weighted by Crippen LogP contribution is -1.69. The lowest BCUT2D eigenvalue weighted by atomic mass is 10.2. The zero-order valence-electron chi connectivity index (χ0n) is 10.6. The van der Waals surface area contributed by atoms with Gasteiger partial charge in [-0.25, -0.2) is 0 Å². The van der Waals surface area contributed by atoms with E-state index in [-0.39, 0.29) is 0 Å². The fraction of sp³-hybridized carbons (Fsp3) is 0.375. The molecule has 0 aliphatic rings. The maximum atomic E-state index is 2.23. The average molecular weight is 216 g/mol. The van der Waals surface area contributed by atoms with Crippen molar-refractivity contribution in [3.05, 3.63) is 60.8 Å². The highest BCUT2D eigenvalue weighted by Gasteiger charge is 1.79. The summed E-state index contributed by atoms with van der Waals surface area (Å²) in [6.45, 7) is 4.24. The molecule has 0 aromatic heterocycles. The first-order valence-electron chi connectivity index (χ1n) is 6.19. The third-order valence-electron chi connectivity index (χ3n) is 2.08. The van der Waals surface area contributed by atoms with Crippen molar-refractivity contribution in [2.24, 2.45) is 0 Å². The van der Waals surface area contributed by atoms with Crippen LogP contribution in [0.15, 0.2) is 60.8 Å². The van der Waals surface area contributed by atoms with Gasteiger partial charge in [0.1, 0.15) is 0 Å². The average Bonchev–Trinajstić information content (AvgIpc) is 2.31. The first-order chi connectivity index (χ1) is 7.91. The van der Waals surface area contributed by atoms with Crippen LogP contribution >= 0.6 is 0 Å². The summed E-state index contributed by atoms with van der Waals surface area (Å²) >= 11 is 0. The molecular weight excluding hydrogens is 192 g/mol. The Kier molecular flexibility index (Phi) is 12.6. The summed E-state index contributed by atoms with van der Waals surface area (Å²) < 4.78 is 0. The minimum absolute atomic E-state index is 1.20. The van der Waals surface area contributed by atoms with Gasteiger partial charge < -0.3 is 0 Å².